The molecule has 0 radical (unpaired) electrons. The first-order chi connectivity index (χ1) is 25.6. The van der Waals surface area contributed by atoms with E-state index in [1.54, 1.807) is 0 Å². The van der Waals surface area contributed by atoms with Crippen molar-refractivity contribution in [1.29, 1.82) is 0 Å². The molecule has 6 fully saturated rings. The molecule has 7 aliphatic rings. The second-order valence-corrected chi connectivity index (χ2v) is 20.7. The Morgan fingerprint density at radius 2 is 1.35 bits per heavy atom. The van der Waals surface area contributed by atoms with Crippen LogP contribution in [0.3, 0.4) is 0 Å². The lowest BCUT2D eigenvalue weighted by Crippen LogP contribution is -2.66. The minimum atomic E-state index is -1.74. The van der Waals surface area contributed by atoms with Gasteiger partial charge in [0.25, 0.3) is 0 Å². The Morgan fingerprint density at radius 3 is 2.00 bits per heavy atom. The third-order valence-electron chi connectivity index (χ3n) is 17.3. The van der Waals surface area contributed by atoms with Crippen LogP contribution in [0.4, 0.5) is 0 Å². The quantitative estimate of drug-likeness (QED) is 0.138. The fraction of sp³-hybridized carbons (Fsp3) is 0.929. The molecule has 5 aliphatic carbocycles. The number of rotatable bonds is 7. The summed E-state index contributed by atoms with van der Waals surface area (Å²) in [6.07, 6.45) is -4.17. The maximum Gasteiger partial charge on any atom is 0.310 e. The molecule has 4 saturated carbocycles. The average Bonchev–Trinajstić information content (AvgIpc) is 3.12. The summed E-state index contributed by atoms with van der Waals surface area (Å²) >= 11 is 0. The third-order valence-corrected chi connectivity index (χ3v) is 17.3. The second kappa shape index (κ2) is 14.2. The molecule has 2 saturated heterocycles. The lowest BCUT2D eigenvalue weighted by molar-refractivity contribution is -0.368. The summed E-state index contributed by atoms with van der Waals surface area (Å²) in [5.41, 5.74) is 0.344. The van der Waals surface area contributed by atoms with E-state index in [2.05, 4.69) is 54.5 Å². The van der Waals surface area contributed by atoms with Crippen molar-refractivity contribution in [2.75, 3.05) is 13.2 Å². The summed E-state index contributed by atoms with van der Waals surface area (Å²) in [4.78, 5) is 13.0. The first-order valence-electron chi connectivity index (χ1n) is 20.8. The van der Waals surface area contributed by atoms with Crippen molar-refractivity contribution < 1.29 is 64.6 Å². The van der Waals surface area contributed by atoms with E-state index in [4.69, 9.17) is 18.9 Å². The summed E-state index contributed by atoms with van der Waals surface area (Å²) in [6.45, 7) is 15.1. The molecule has 0 unspecified atom stereocenters. The fourth-order valence-corrected chi connectivity index (χ4v) is 13.7. The number of carbonyl (C=O) groups is 1. The summed E-state index contributed by atoms with van der Waals surface area (Å²) in [6, 6.07) is 0. The van der Waals surface area contributed by atoms with Gasteiger partial charge in [0.1, 0.15) is 48.8 Å². The van der Waals surface area contributed by atoms with E-state index in [1.165, 1.54) is 5.57 Å². The van der Waals surface area contributed by atoms with E-state index in [0.717, 1.165) is 57.8 Å². The van der Waals surface area contributed by atoms with Gasteiger partial charge in [-0.1, -0.05) is 60.1 Å². The maximum atomic E-state index is 13.0. The lowest BCUT2D eigenvalue weighted by atomic mass is 9.33. The van der Waals surface area contributed by atoms with Crippen LogP contribution in [0.25, 0.3) is 0 Å². The van der Waals surface area contributed by atoms with E-state index in [9.17, 15) is 45.6 Å². The Hall–Kier alpha value is -1.23. The number of aliphatic hydroxyl groups is 7. The number of fused-ring (bicyclic) bond motifs is 7. The fourth-order valence-electron chi connectivity index (χ4n) is 13.7. The molecule has 314 valence electrons. The van der Waals surface area contributed by atoms with Crippen LogP contribution < -0.4 is 0 Å². The van der Waals surface area contributed by atoms with E-state index in [-0.39, 0.29) is 45.0 Å². The number of allylic oxidation sites excluding steroid dienone is 2. The minimum Gasteiger partial charge on any atom is -0.481 e. The molecule has 7 rings (SSSR count). The van der Waals surface area contributed by atoms with Gasteiger partial charge < -0.3 is 59.8 Å². The van der Waals surface area contributed by atoms with Crippen molar-refractivity contribution in [2.45, 2.75) is 180 Å². The van der Waals surface area contributed by atoms with Gasteiger partial charge in [0.15, 0.2) is 12.6 Å². The van der Waals surface area contributed by atoms with Gasteiger partial charge in [0, 0.05) is 0 Å². The molecule has 13 heteroatoms. The molecule has 8 N–H and O–H groups in total. The molecule has 2 heterocycles. The highest BCUT2D eigenvalue weighted by Crippen LogP contribution is 2.76. The molecular weight excluding hydrogens is 712 g/mol. The topological polar surface area (TPSA) is 216 Å². The van der Waals surface area contributed by atoms with E-state index >= 15 is 0 Å². The zero-order valence-electron chi connectivity index (χ0n) is 33.8. The highest BCUT2D eigenvalue weighted by atomic mass is 16.7. The van der Waals surface area contributed by atoms with Crippen LogP contribution in [-0.2, 0) is 23.7 Å². The van der Waals surface area contributed by atoms with Crippen LogP contribution in [-0.4, -0.2) is 128 Å². The molecule has 0 amide bonds. The van der Waals surface area contributed by atoms with Crippen molar-refractivity contribution in [3.05, 3.63) is 11.6 Å². The van der Waals surface area contributed by atoms with Crippen LogP contribution >= 0.6 is 0 Å². The minimum absolute atomic E-state index is 0.00451. The largest absolute Gasteiger partial charge is 0.481 e. The molecule has 55 heavy (non-hydrogen) atoms. The van der Waals surface area contributed by atoms with Crippen molar-refractivity contribution in [3.8, 4) is 0 Å². The second-order valence-electron chi connectivity index (χ2n) is 20.7. The zero-order chi connectivity index (χ0) is 40.3. The van der Waals surface area contributed by atoms with Crippen LogP contribution in [0, 0.1) is 50.2 Å². The van der Waals surface area contributed by atoms with Crippen LogP contribution in [0.1, 0.15) is 113 Å². The summed E-state index contributed by atoms with van der Waals surface area (Å²) < 4.78 is 23.9. The van der Waals surface area contributed by atoms with Crippen LogP contribution in [0.5, 0.6) is 0 Å². The molecule has 13 nitrogen and oxygen atoms in total. The molecule has 18 atom stereocenters. The summed E-state index contributed by atoms with van der Waals surface area (Å²) in [7, 11) is 0. The SMILES string of the molecule is CC1(C)CC[C@@]2(C(=O)O)CC[C@]3(C)C(=CC[C@H]4[C@]5(C)CC[C@@H](O[C@H]6O[C@@H](CO)[C@H](O[C@H]7O[C@@H](CO)[C@H](O)[C@@H](O)[C@@H]7O)[C@@H](O)[C@@H]6O)C(C)(C)[C@H]5CC[C@]43C)[C@H]2C1. The number of carboxylic acids is 1. The highest BCUT2D eigenvalue weighted by molar-refractivity contribution is 5.76. The first-order valence-corrected chi connectivity index (χ1v) is 20.8. The lowest BCUT2D eigenvalue weighted by Gasteiger charge is -2.71. The number of hydrogen-bond acceptors (Lipinski definition) is 12. The van der Waals surface area contributed by atoms with Gasteiger partial charge in [0.2, 0.25) is 0 Å². The van der Waals surface area contributed by atoms with Gasteiger partial charge in [-0.05, 0) is 109 Å². The van der Waals surface area contributed by atoms with E-state index in [1.807, 2.05) is 0 Å². The van der Waals surface area contributed by atoms with Crippen molar-refractivity contribution in [1.82, 2.24) is 0 Å². The number of hydrogen-bond donors (Lipinski definition) is 8. The predicted molar refractivity (Wildman–Crippen MR) is 198 cm³/mol. The van der Waals surface area contributed by atoms with Gasteiger partial charge >= 0.3 is 5.97 Å². The van der Waals surface area contributed by atoms with Crippen LogP contribution in [0.15, 0.2) is 11.6 Å². The normalized spacial score (nSPS) is 53.2. The number of ether oxygens (including phenoxy) is 4. The number of aliphatic hydroxyl groups excluding tert-OH is 7. The van der Waals surface area contributed by atoms with Gasteiger partial charge in [-0.3, -0.25) is 4.79 Å². The van der Waals surface area contributed by atoms with E-state index < -0.39 is 86.0 Å². The van der Waals surface area contributed by atoms with Gasteiger partial charge in [-0.25, -0.2) is 0 Å². The number of carboxylic acid groups (broad SMARTS) is 1. The Labute approximate surface area is 325 Å². The molecule has 2 aliphatic heterocycles. The average molecular weight is 781 g/mol. The highest BCUT2D eigenvalue weighted by Gasteiger charge is 2.69. The first kappa shape index (κ1) is 41.9. The third kappa shape index (κ3) is 6.23. The van der Waals surface area contributed by atoms with Gasteiger partial charge in [0.05, 0.1) is 24.7 Å². The Balaban J connectivity index is 1.08. The molecule has 0 aromatic heterocycles. The Kier molecular flexibility index (Phi) is 10.8. The molecule has 0 bridgehead atoms. The number of aliphatic carboxylic acids is 1. The Bertz CT molecular complexity index is 1480. The van der Waals surface area contributed by atoms with Crippen molar-refractivity contribution >= 4 is 5.97 Å². The van der Waals surface area contributed by atoms with Gasteiger partial charge in [-0.15, -0.1) is 0 Å². The Morgan fingerprint density at radius 1 is 0.727 bits per heavy atom. The van der Waals surface area contributed by atoms with Crippen molar-refractivity contribution in [2.24, 2.45) is 50.2 Å². The summed E-state index contributed by atoms with van der Waals surface area (Å²) in [5, 5.41) is 84.2. The molecule has 0 aromatic rings. The molecule has 0 spiro atoms. The smallest absolute Gasteiger partial charge is 0.310 e. The standard InChI is InChI=1S/C42H68O13/c1-37(2)14-16-42(36(50)51)17-15-40(6)21(22(42)18-37)8-9-26-39(5)12-11-27(38(3,4)25(39)10-13-41(26,40)7)54-34-32(49)30(47)33(24(20-44)53-34)55-35-31(48)29(46)28(45)23(19-43)52-35/h8,22-35,43-49H,9-20H2,1-7H3,(H,50,51)/t22-,23+,24+,25-,26+,27-,28+,29-,30+,31+,32+,33+,34-,35-,39-,40-,41-,42-/m1/s1. The van der Waals surface area contributed by atoms with Gasteiger partial charge in [-0.2, -0.15) is 0 Å². The van der Waals surface area contributed by atoms with Crippen LogP contribution in [0.2, 0.25) is 0 Å². The molecular formula is C42H68O13. The van der Waals surface area contributed by atoms with Crippen molar-refractivity contribution in [3.63, 3.8) is 0 Å². The monoisotopic (exact) mass is 780 g/mol. The summed E-state index contributed by atoms with van der Waals surface area (Å²) in [5.74, 6) is 0.0886. The zero-order valence-corrected chi connectivity index (χ0v) is 33.8. The van der Waals surface area contributed by atoms with E-state index in [0.29, 0.717) is 12.3 Å². The molecule has 0 aromatic carbocycles. The maximum absolute atomic E-state index is 13.0. The predicted octanol–water partition coefficient (Wildman–Crippen LogP) is 2.88.